The minimum atomic E-state index is 0.247. The van der Waals surface area contributed by atoms with Gasteiger partial charge in [-0.25, -0.2) is 0 Å². The van der Waals surface area contributed by atoms with Gasteiger partial charge in [0.2, 0.25) is 0 Å². The maximum Gasteiger partial charge on any atom is 0.136 e. The Kier molecular flexibility index (Phi) is 5.00. The Morgan fingerprint density at radius 2 is 1.32 bits per heavy atom. The SMILES string of the molecule is CN(C)C(=S)SC(c1ccccc1)c1ccccc1. The summed E-state index contributed by atoms with van der Waals surface area (Å²) in [6.45, 7) is 0. The fourth-order valence-corrected chi connectivity index (χ4v) is 3.08. The summed E-state index contributed by atoms with van der Waals surface area (Å²) in [5.74, 6) is 0. The van der Waals surface area contributed by atoms with Crippen LogP contribution in [0.1, 0.15) is 16.4 Å². The molecule has 0 aliphatic rings. The maximum atomic E-state index is 5.44. The second-order valence-electron chi connectivity index (χ2n) is 4.48. The molecule has 0 heterocycles. The van der Waals surface area contributed by atoms with Gasteiger partial charge < -0.3 is 4.90 Å². The van der Waals surface area contributed by atoms with Crippen LogP contribution in [0.2, 0.25) is 0 Å². The van der Waals surface area contributed by atoms with Gasteiger partial charge in [-0.3, -0.25) is 0 Å². The first-order valence-electron chi connectivity index (χ1n) is 6.16. The Bertz CT molecular complexity index is 483. The molecule has 19 heavy (non-hydrogen) atoms. The third-order valence-corrected chi connectivity index (χ3v) is 4.79. The Balaban J connectivity index is 2.32. The van der Waals surface area contributed by atoms with Gasteiger partial charge >= 0.3 is 0 Å². The van der Waals surface area contributed by atoms with Crippen LogP contribution in [0.15, 0.2) is 60.7 Å². The first kappa shape index (κ1) is 14.1. The molecule has 0 radical (unpaired) electrons. The summed E-state index contributed by atoms with van der Waals surface area (Å²) < 4.78 is 0.901. The quantitative estimate of drug-likeness (QED) is 0.772. The highest BCUT2D eigenvalue weighted by Gasteiger charge is 2.17. The summed E-state index contributed by atoms with van der Waals surface area (Å²) >= 11 is 7.16. The number of thioether (sulfide) groups is 1. The normalized spacial score (nSPS) is 10.5. The molecular formula is C16H17NS2. The minimum absolute atomic E-state index is 0.247. The second-order valence-corrected chi connectivity index (χ2v) is 6.22. The zero-order valence-corrected chi connectivity index (χ0v) is 12.7. The van der Waals surface area contributed by atoms with Crippen molar-refractivity contribution in [2.75, 3.05) is 14.1 Å². The monoisotopic (exact) mass is 287 g/mol. The Morgan fingerprint density at radius 3 is 1.68 bits per heavy atom. The Hall–Kier alpha value is -1.32. The van der Waals surface area contributed by atoms with Crippen molar-refractivity contribution < 1.29 is 0 Å². The molecular weight excluding hydrogens is 270 g/mol. The third-order valence-electron chi connectivity index (χ3n) is 2.79. The van der Waals surface area contributed by atoms with E-state index in [9.17, 15) is 0 Å². The van der Waals surface area contributed by atoms with Crippen molar-refractivity contribution in [3.05, 3.63) is 71.8 Å². The molecule has 0 atom stereocenters. The van der Waals surface area contributed by atoms with Crippen molar-refractivity contribution in [2.24, 2.45) is 0 Å². The van der Waals surface area contributed by atoms with E-state index >= 15 is 0 Å². The number of hydrogen-bond donors (Lipinski definition) is 0. The molecule has 0 fully saturated rings. The molecule has 0 unspecified atom stereocenters. The van der Waals surface area contributed by atoms with Gasteiger partial charge in [0.1, 0.15) is 4.32 Å². The molecule has 2 rings (SSSR count). The lowest BCUT2D eigenvalue weighted by Gasteiger charge is -2.21. The largest absolute Gasteiger partial charge is 0.364 e. The predicted octanol–water partition coefficient (Wildman–Crippen LogP) is 4.36. The molecule has 0 saturated carbocycles. The van der Waals surface area contributed by atoms with Crippen molar-refractivity contribution in [3.63, 3.8) is 0 Å². The summed E-state index contributed by atoms with van der Waals surface area (Å²) in [6.07, 6.45) is 0. The van der Waals surface area contributed by atoms with E-state index in [4.69, 9.17) is 12.2 Å². The average Bonchev–Trinajstić information content (AvgIpc) is 2.46. The molecule has 0 spiro atoms. The van der Waals surface area contributed by atoms with Crippen LogP contribution < -0.4 is 0 Å². The van der Waals surface area contributed by atoms with Crippen LogP contribution in [0.25, 0.3) is 0 Å². The van der Waals surface area contributed by atoms with Crippen LogP contribution in [0, 0.1) is 0 Å². The number of benzene rings is 2. The van der Waals surface area contributed by atoms with E-state index in [1.54, 1.807) is 11.8 Å². The lowest BCUT2D eigenvalue weighted by atomic mass is 10.0. The first-order chi connectivity index (χ1) is 9.18. The highest BCUT2D eigenvalue weighted by molar-refractivity contribution is 8.23. The highest BCUT2D eigenvalue weighted by atomic mass is 32.2. The van der Waals surface area contributed by atoms with E-state index in [1.807, 2.05) is 31.1 Å². The number of hydrogen-bond acceptors (Lipinski definition) is 2. The van der Waals surface area contributed by atoms with Crippen molar-refractivity contribution in [2.45, 2.75) is 5.25 Å². The van der Waals surface area contributed by atoms with E-state index < -0.39 is 0 Å². The predicted molar refractivity (Wildman–Crippen MR) is 88.6 cm³/mol. The van der Waals surface area contributed by atoms with E-state index in [0.29, 0.717) is 0 Å². The van der Waals surface area contributed by atoms with E-state index in [2.05, 4.69) is 48.5 Å². The van der Waals surface area contributed by atoms with Gasteiger partial charge in [-0.1, -0.05) is 84.6 Å². The van der Waals surface area contributed by atoms with Gasteiger partial charge in [0.15, 0.2) is 0 Å². The van der Waals surface area contributed by atoms with Crippen molar-refractivity contribution in [1.82, 2.24) is 4.90 Å². The van der Waals surface area contributed by atoms with Crippen molar-refractivity contribution >= 4 is 28.3 Å². The van der Waals surface area contributed by atoms with Crippen LogP contribution in [-0.2, 0) is 0 Å². The van der Waals surface area contributed by atoms with E-state index in [1.165, 1.54) is 11.1 Å². The van der Waals surface area contributed by atoms with Crippen molar-refractivity contribution in [3.8, 4) is 0 Å². The van der Waals surface area contributed by atoms with Crippen LogP contribution in [-0.4, -0.2) is 23.3 Å². The highest BCUT2D eigenvalue weighted by Crippen LogP contribution is 2.36. The number of nitrogens with zero attached hydrogens (tertiary/aromatic N) is 1. The maximum absolute atomic E-state index is 5.44. The minimum Gasteiger partial charge on any atom is -0.364 e. The van der Waals surface area contributed by atoms with Crippen LogP contribution in [0.3, 0.4) is 0 Å². The summed E-state index contributed by atoms with van der Waals surface area (Å²) in [5.41, 5.74) is 2.56. The first-order valence-corrected chi connectivity index (χ1v) is 7.45. The van der Waals surface area contributed by atoms with E-state index in [-0.39, 0.29) is 5.25 Å². The zero-order chi connectivity index (χ0) is 13.7. The summed E-state index contributed by atoms with van der Waals surface area (Å²) in [6, 6.07) is 21.0. The van der Waals surface area contributed by atoms with Crippen LogP contribution >= 0.6 is 24.0 Å². The molecule has 0 aromatic heterocycles. The van der Waals surface area contributed by atoms with Crippen molar-refractivity contribution in [1.29, 1.82) is 0 Å². The van der Waals surface area contributed by atoms with Crippen LogP contribution in [0.5, 0.6) is 0 Å². The molecule has 0 saturated heterocycles. The zero-order valence-electron chi connectivity index (χ0n) is 11.1. The Morgan fingerprint density at radius 1 is 0.895 bits per heavy atom. The number of rotatable bonds is 3. The van der Waals surface area contributed by atoms with E-state index in [0.717, 1.165) is 4.32 Å². The van der Waals surface area contributed by atoms with Gasteiger partial charge in [0, 0.05) is 14.1 Å². The fourth-order valence-electron chi connectivity index (χ4n) is 1.79. The van der Waals surface area contributed by atoms with Gasteiger partial charge in [-0.15, -0.1) is 0 Å². The van der Waals surface area contributed by atoms with Gasteiger partial charge in [0.25, 0.3) is 0 Å². The molecule has 98 valence electrons. The number of thiocarbonyl (C=S) groups is 1. The molecule has 2 aromatic carbocycles. The standard InChI is InChI=1S/C16H17NS2/c1-17(2)16(18)19-15(13-9-5-3-6-10-13)14-11-7-4-8-12-14/h3-12,15H,1-2H3. The van der Waals surface area contributed by atoms with Gasteiger partial charge in [0.05, 0.1) is 5.25 Å². The summed E-state index contributed by atoms with van der Waals surface area (Å²) in [4.78, 5) is 1.98. The average molecular weight is 287 g/mol. The molecule has 0 bridgehead atoms. The Labute approximate surface area is 124 Å². The van der Waals surface area contributed by atoms with Gasteiger partial charge in [-0.2, -0.15) is 0 Å². The molecule has 0 amide bonds. The second kappa shape index (κ2) is 6.73. The molecule has 0 N–H and O–H groups in total. The molecule has 3 heteroatoms. The topological polar surface area (TPSA) is 3.24 Å². The van der Waals surface area contributed by atoms with Crippen LogP contribution in [0.4, 0.5) is 0 Å². The smallest absolute Gasteiger partial charge is 0.136 e. The molecule has 0 aliphatic heterocycles. The fraction of sp³-hybridized carbons (Fsp3) is 0.188. The summed E-state index contributed by atoms with van der Waals surface area (Å²) in [5, 5.41) is 0.247. The third kappa shape index (κ3) is 3.82. The molecule has 2 aromatic rings. The lowest BCUT2D eigenvalue weighted by Crippen LogP contribution is -2.17. The molecule has 1 nitrogen and oxygen atoms in total. The lowest BCUT2D eigenvalue weighted by molar-refractivity contribution is 0.647. The van der Waals surface area contributed by atoms with Gasteiger partial charge in [-0.05, 0) is 11.1 Å². The molecule has 0 aliphatic carbocycles. The summed E-state index contributed by atoms with van der Waals surface area (Å²) in [7, 11) is 3.98.